The van der Waals surface area contributed by atoms with E-state index in [0.717, 1.165) is 5.56 Å². The van der Waals surface area contributed by atoms with E-state index >= 15 is 0 Å². The molecule has 9 nitrogen and oxygen atoms in total. The fourth-order valence-corrected chi connectivity index (χ4v) is 2.78. The lowest BCUT2D eigenvalue weighted by atomic mass is 10.2. The molecule has 0 fully saturated rings. The van der Waals surface area contributed by atoms with Gasteiger partial charge in [-0.3, -0.25) is 15.5 Å². The van der Waals surface area contributed by atoms with Gasteiger partial charge in [-0.05, 0) is 24.8 Å². The van der Waals surface area contributed by atoms with Gasteiger partial charge >= 0.3 is 5.69 Å². The fraction of sp³-hybridized carbons (Fsp3) is 0.231. The van der Waals surface area contributed by atoms with Gasteiger partial charge in [-0.1, -0.05) is 29.4 Å². The smallest absolute Gasteiger partial charge is 0.303 e. The summed E-state index contributed by atoms with van der Waals surface area (Å²) in [4.78, 5) is 19.2. The van der Waals surface area contributed by atoms with Crippen molar-refractivity contribution in [3.05, 3.63) is 50.3 Å². The molecule has 0 radical (unpaired) electrons. The first-order valence-electron chi connectivity index (χ1n) is 6.76. The van der Waals surface area contributed by atoms with E-state index in [4.69, 9.17) is 17.0 Å². The minimum absolute atomic E-state index is 0.299. The molecule has 0 aromatic carbocycles. The van der Waals surface area contributed by atoms with Crippen molar-refractivity contribution >= 4 is 34.8 Å². The highest BCUT2D eigenvalue weighted by Crippen LogP contribution is 2.19. The number of nitrogens with one attached hydrogen (secondary N) is 1. The molecule has 0 saturated carbocycles. The maximum Gasteiger partial charge on any atom is 0.332 e. The maximum atomic E-state index is 11.4. The second kappa shape index (κ2) is 6.21. The van der Waals surface area contributed by atoms with Crippen LogP contribution in [-0.2, 0) is 6.54 Å². The number of hydrogen-bond acceptors (Lipinski definition) is 7. The molecule has 0 aliphatic rings. The quantitative estimate of drug-likeness (QED) is 0.327. The molecule has 24 heavy (non-hydrogen) atoms. The molecule has 0 spiro atoms. The van der Waals surface area contributed by atoms with Gasteiger partial charge in [-0.15, -0.1) is 5.10 Å². The van der Waals surface area contributed by atoms with Crippen molar-refractivity contribution in [1.82, 2.24) is 24.1 Å². The second-order valence-electron chi connectivity index (χ2n) is 4.93. The van der Waals surface area contributed by atoms with E-state index in [-0.39, 0.29) is 11.2 Å². The highest BCUT2D eigenvalue weighted by atomic mass is 35.5. The second-order valence-corrected chi connectivity index (χ2v) is 6.09. The van der Waals surface area contributed by atoms with E-state index in [1.807, 2.05) is 0 Å². The third kappa shape index (κ3) is 2.74. The first-order valence-corrected chi connectivity index (χ1v) is 8.36. The first-order chi connectivity index (χ1) is 11.4. The summed E-state index contributed by atoms with van der Waals surface area (Å²) >= 11 is 7.09. The van der Waals surface area contributed by atoms with Crippen molar-refractivity contribution in [3.63, 3.8) is 0 Å². The summed E-state index contributed by atoms with van der Waals surface area (Å²) in [5.74, 6) is 0.363. The minimum atomic E-state index is -0.575. The summed E-state index contributed by atoms with van der Waals surface area (Å²) in [5.41, 5.74) is 0.524. The number of halogens is 1. The highest BCUT2D eigenvalue weighted by molar-refractivity contribution is 7.98. The molecule has 124 valence electrons. The lowest BCUT2D eigenvalue weighted by Crippen LogP contribution is -2.25. The molecule has 0 aliphatic carbocycles. The molecule has 3 aromatic heterocycles. The van der Waals surface area contributed by atoms with Gasteiger partial charge in [0.15, 0.2) is 0 Å². The van der Waals surface area contributed by atoms with Gasteiger partial charge in [0.25, 0.3) is 0 Å². The van der Waals surface area contributed by atoms with Crippen molar-refractivity contribution < 1.29 is 4.92 Å². The van der Waals surface area contributed by atoms with Gasteiger partial charge in [0.1, 0.15) is 10.8 Å². The molecule has 11 heteroatoms. The lowest BCUT2D eigenvalue weighted by Gasteiger charge is -2.12. The number of nitro groups is 1. The Kier molecular flexibility index (Phi) is 4.24. The van der Waals surface area contributed by atoms with Gasteiger partial charge in [-0.2, -0.15) is 9.50 Å². The van der Waals surface area contributed by atoms with E-state index in [2.05, 4.69) is 15.1 Å². The standard InChI is InChI=1S/C13H12ClN7O2S/c1-7-10(21(22)23)11(15)20-13(17-12(18-20)24-2)19(7)6-8-3-4-9(14)16-5-8/h3-5,15H,6H2,1-2H3. The molecule has 0 unspecified atom stereocenters. The average molecular weight is 366 g/mol. The number of nitrogens with zero attached hydrogens (tertiary/aromatic N) is 6. The molecular weight excluding hydrogens is 354 g/mol. The number of hydrogen-bond donors (Lipinski definition) is 1. The molecular formula is C13H12ClN7O2S. The highest BCUT2D eigenvalue weighted by Gasteiger charge is 2.23. The molecule has 1 N–H and O–H groups in total. The van der Waals surface area contributed by atoms with Gasteiger partial charge in [0, 0.05) is 6.20 Å². The summed E-state index contributed by atoms with van der Waals surface area (Å²) in [6.45, 7) is 1.89. The van der Waals surface area contributed by atoms with E-state index in [1.54, 1.807) is 36.1 Å². The van der Waals surface area contributed by atoms with E-state index < -0.39 is 4.92 Å². The Labute approximate surface area is 145 Å². The molecule has 0 amide bonds. The molecule has 0 atom stereocenters. The van der Waals surface area contributed by atoms with E-state index in [9.17, 15) is 10.1 Å². The summed E-state index contributed by atoms with van der Waals surface area (Å²) < 4.78 is 2.83. The van der Waals surface area contributed by atoms with Crippen LogP contribution in [0.15, 0.2) is 23.5 Å². The van der Waals surface area contributed by atoms with Gasteiger partial charge in [0.2, 0.25) is 16.4 Å². The largest absolute Gasteiger partial charge is 0.332 e. The van der Waals surface area contributed by atoms with Crippen LogP contribution in [0.1, 0.15) is 11.3 Å². The number of fused-ring (bicyclic) bond motifs is 1. The maximum absolute atomic E-state index is 11.4. The van der Waals surface area contributed by atoms with Gasteiger partial charge in [0.05, 0.1) is 11.5 Å². The van der Waals surface area contributed by atoms with Crippen LogP contribution >= 0.6 is 23.4 Å². The molecule has 3 rings (SSSR count). The van der Waals surface area contributed by atoms with Crippen molar-refractivity contribution in [2.45, 2.75) is 18.6 Å². The Morgan fingerprint density at radius 2 is 2.21 bits per heavy atom. The summed E-state index contributed by atoms with van der Waals surface area (Å²) in [7, 11) is 0. The van der Waals surface area contributed by atoms with Crippen molar-refractivity contribution in [1.29, 1.82) is 5.41 Å². The van der Waals surface area contributed by atoms with Crippen LogP contribution in [0.3, 0.4) is 0 Å². The fourth-order valence-electron chi connectivity index (χ4n) is 2.34. The molecule has 0 aliphatic heterocycles. The van der Waals surface area contributed by atoms with Crippen molar-refractivity contribution in [2.24, 2.45) is 0 Å². The molecule has 3 heterocycles. The van der Waals surface area contributed by atoms with Crippen molar-refractivity contribution in [2.75, 3.05) is 6.26 Å². The third-order valence-corrected chi connectivity index (χ3v) is 4.25. The SMILES string of the molecule is CSc1nc2n(Cc3ccc(Cl)nc3)c(C)c([N+](=O)[O-])c(=N)n2n1. The van der Waals surface area contributed by atoms with Crippen LogP contribution in [0.2, 0.25) is 5.15 Å². The topological polar surface area (TPSA) is 115 Å². The molecule has 0 saturated heterocycles. The van der Waals surface area contributed by atoms with Crippen LogP contribution in [0, 0.1) is 22.4 Å². The first kappa shape index (κ1) is 16.4. The average Bonchev–Trinajstić information content (AvgIpc) is 2.97. The predicted octanol–water partition coefficient (Wildman–Crippen LogP) is 2.05. The predicted molar refractivity (Wildman–Crippen MR) is 88.4 cm³/mol. The number of pyridine rings is 1. The van der Waals surface area contributed by atoms with Crippen LogP contribution in [-0.4, -0.2) is 35.3 Å². The van der Waals surface area contributed by atoms with E-state index in [0.29, 0.717) is 28.3 Å². The Hall–Kier alpha value is -2.46. The summed E-state index contributed by atoms with van der Waals surface area (Å²) in [5, 5.41) is 24.4. The van der Waals surface area contributed by atoms with E-state index in [1.165, 1.54) is 16.3 Å². The zero-order chi connectivity index (χ0) is 17.4. The van der Waals surface area contributed by atoms with Crippen molar-refractivity contribution in [3.8, 4) is 0 Å². The summed E-state index contributed by atoms with van der Waals surface area (Å²) in [6.07, 6.45) is 3.39. The molecule has 3 aromatic rings. The Bertz CT molecular complexity index is 996. The van der Waals surface area contributed by atoms with Gasteiger partial charge in [-0.25, -0.2) is 4.98 Å². The minimum Gasteiger partial charge on any atom is -0.303 e. The lowest BCUT2D eigenvalue weighted by molar-refractivity contribution is -0.387. The number of aromatic nitrogens is 5. The Balaban J connectivity index is 2.28. The Morgan fingerprint density at radius 1 is 1.46 bits per heavy atom. The van der Waals surface area contributed by atoms with Crippen LogP contribution in [0.5, 0.6) is 0 Å². The van der Waals surface area contributed by atoms with Crippen LogP contribution in [0.25, 0.3) is 5.78 Å². The Morgan fingerprint density at radius 3 is 2.79 bits per heavy atom. The van der Waals surface area contributed by atoms with Gasteiger partial charge < -0.3 is 4.57 Å². The third-order valence-electron chi connectivity index (χ3n) is 3.49. The molecule has 0 bridgehead atoms. The van der Waals surface area contributed by atoms with Crippen LogP contribution < -0.4 is 5.49 Å². The zero-order valence-electron chi connectivity index (χ0n) is 12.7. The van der Waals surface area contributed by atoms with Crippen LogP contribution in [0.4, 0.5) is 5.69 Å². The number of thioether (sulfide) groups is 1. The number of rotatable bonds is 4. The zero-order valence-corrected chi connectivity index (χ0v) is 14.3. The monoisotopic (exact) mass is 365 g/mol. The summed E-state index contributed by atoms with van der Waals surface area (Å²) in [6, 6.07) is 3.43. The normalized spacial score (nSPS) is 11.1.